The Hall–Kier alpha value is -3.43. The minimum absolute atomic E-state index is 0.0117. The maximum atomic E-state index is 13.2. The van der Waals surface area contributed by atoms with Crippen molar-refractivity contribution in [3.05, 3.63) is 40.7 Å². The minimum Gasteiger partial charge on any atom is -0.464 e. The van der Waals surface area contributed by atoms with Crippen LogP contribution in [0, 0.1) is 10.8 Å². The molecule has 10 heteroatoms. The number of benzene rings is 1. The molecule has 158 valence electrons. The van der Waals surface area contributed by atoms with E-state index in [0.717, 1.165) is 26.2 Å². The maximum Gasteiger partial charge on any atom is 0.433 e. The van der Waals surface area contributed by atoms with E-state index >= 15 is 0 Å². The summed E-state index contributed by atoms with van der Waals surface area (Å²) in [6.07, 6.45) is -1.73. The molecule has 6 N–H and O–H groups in total. The fraction of sp³-hybridized carbons (Fsp3) is 0.300. The standard InChI is InChI=1S/C20H20F3N5O2/c1-30-19(29)16(26)15-12(25)6-7-13-14(15)9-4-2-3-5-10(9)17(28-13)11(8-24)18(27)20(21,22)23/h6-8,26-27H,2-5,24-25H2,1H3/b11-8-,26-16?,27-18?. The third kappa shape index (κ3) is 3.49. The number of nitrogens with one attached hydrogen (secondary N) is 2. The molecule has 1 aromatic carbocycles. The van der Waals surface area contributed by atoms with Crippen LogP contribution < -0.4 is 11.5 Å². The molecule has 0 atom stereocenters. The van der Waals surface area contributed by atoms with E-state index in [-0.39, 0.29) is 22.5 Å². The number of nitrogens with two attached hydrogens (primary N) is 2. The van der Waals surface area contributed by atoms with Crippen LogP contribution in [0.1, 0.15) is 35.2 Å². The number of pyridine rings is 1. The fourth-order valence-corrected chi connectivity index (χ4v) is 3.77. The number of aryl methyl sites for hydroxylation is 1. The second kappa shape index (κ2) is 7.77. The molecule has 0 saturated carbocycles. The van der Waals surface area contributed by atoms with E-state index in [2.05, 4.69) is 9.72 Å². The molecule has 7 nitrogen and oxygen atoms in total. The van der Waals surface area contributed by atoms with Gasteiger partial charge in [0.2, 0.25) is 0 Å². The highest BCUT2D eigenvalue weighted by molar-refractivity contribution is 6.45. The first kappa shape index (κ1) is 21.3. The molecule has 0 unspecified atom stereocenters. The van der Waals surface area contributed by atoms with E-state index in [0.29, 0.717) is 29.4 Å². The van der Waals surface area contributed by atoms with Crippen LogP contribution in [0.15, 0.2) is 18.3 Å². The number of ether oxygens (including phenoxy) is 1. The quantitative estimate of drug-likeness (QED) is 0.343. The van der Waals surface area contributed by atoms with E-state index in [4.69, 9.17) is 22.3 Å². The topological polar surface area (TPSA) is 139 Å². The van der Waals surface area contributed by atoms with Gasteiger partial charge in [-0.05, 0) is 48.9 Å². The average molecular weight is 419 g/mol. The number of fused-ring (bicyclic) bond motifs is 3. The van der Waals surface area contributed by atoms with Gasteiger partial charge in [0.25, 0.3) is 0 Å². The summed E-state index contributed by atoms with van der Waals surface area (Å²) in [7, 11) is 1.14. The maximum absolute atomic E-state index is 13.2. The first-order valence-electron chi connectivity index (χ1n) is 9.11. The van der Waals surface area contributed by atoms with Crippen LogP contribution in [0.5, 0.6) is 0 Å². The number of rotatable bonds is 4. The summed E-state index contributed by atoms with van der Waals surface area (Å²) in [5.41, 5.74) is 10.7. The molecule has 0 radical (unpaired) electrons. The molecule has 1 aromatic heterocycles. The smallest absolute Gasteiger partial charge is 0.433 e. The van der Waals surface area contributed by atoms with Gasteiger partial charge >= 0.3 is 12.1 Å². The molecule has 0 fully saturated rings. The normalized spacial score (nSPS) is 14.3. The van der Waals surface area contributed by atoms with Crippen LogP contribution in [0.25, 0.3) is 16.5 Å². The molecule has 3 rings (SSSR count). The molecule has 0 aliphatic heterocycles. The Morgan fingerprint density at radius 3 is 2.40 bits per heavy atom. The van der Waals surface area contributed by atoms with Crippen LogP contribution in [-0.4, -0.2) is 35.7 Å². The predicted octanol–water partition coefficient (Wildman–Crippen LogP) is 3.12. The van der Waals surface area contributed by atoms with Gasteiger partial charge in [0.15, 0.2) is 0 Å². The van der Waals surface area contributed by atoms with Gasteiger partial charge in [-0.25, -0.2) is 9.78 Å². The van der Waals surface area contributed by atoms with Crippen LogP contribution in [0.4, 0.5) is 18.9 Å². The third-order valence-electron chi connectivity index (χ3n) is 5.12. The number of methoxy groups -OCH3 is 1. The highest BCUT2D eigenvalue weighted by Crippen LogP contribution is 2.38. The Kier molecular flexibility index (Phi) is 5.51. The number of aromatic nitrogens is 1. The Bertz CT molecular complexity index is 1110. The second-order valence-corrected chi connectivity index (χ2v) is 6.87. The van der Waals surface area contributed by atoms with Gasteiger partial charge < -0.3 is 16.2 Å². The van der Waals surface area contributed by atoms with Crippen molar-refractivity contribution >= 4 is 39.6 Å². The second-order valence-electron chi connectivity index (χ2n) is 6.87. The number of halogens is 3. The number of hydrogen-bond donors (Lipinski definition) is 4. The zero-order valence-electron chi connectivity index (χ0n) is 16.1. The van der Waals surface area contributed by atoms with Crippen LogP contribution >= 0.6 is 0 Å². The first-order valence-corrected chi connectivity index (χ1v) is 9.11. The molecule has 1 aliphatic carbocycles. The molecule has 30 heavy (non-hydrogen) atoms. The summed E-state index contributed by atoms with van der Waals surface area (Å²) in [5, 5.41) is 16.2. The lowest BCUT2D eigenvalue weighted by Gasteiger charge is -2.24. The predicted molar refractivity (Wildman–Crippen MR) is 108 cm³/mol. The molecule has 0 saturated heterocycles. The van der Waals surface area contributed by atoms with E-state index in [1.54, 1.807) is 0 Å². The number of carbonyl (C=O) groups excluding carboxylic acids is 1. The molecular weight excluding hydrogens is 399 g/mol. The molecule has 0 amide bonds. The van der Waals surface area contributed by atoms with E-state index in [1.165, 1.54) is 12.1 Å². The number of alkyl halides is 3. The van der Waals surface area contributed by atoms with Gasteiger partial charge in [0.1, 0.15) is 11.4 Å². The fourth-order valence-electron chi connectivity index (χ4n) is 3.77. The number of allylic oxidation sites excluding steroid dienone is 1. The number of carbonyl (C=O) groups is 1. The lowest BCUT2D eigenvalue weighted by atomic mass is 9.83. The number of esters is 1. The summed E-state index contributed by atoms with van der Waals surface area (Å²) >= 11 is 0. The van der Waals surface area contributed by atoms with Crippen molar-refractivity contribution in [3.8, 4) is 0 Å². The van der Waals surface area contributed by atoms with Gasteiger partial charge in [-0.15, -0.1) is 0 Å². The van der Waals surface area contributed by atoms with Crippen LogP contribution in [0.2, 0.25) is 0 Å². The Balaban J connectivity index is 2.38. The number of hydrogen-bond acceptors (Lipinski definition) is 7. The Morgan fingerprint density at radius 2 is 1.83 bits per heavy atom. The van der Waals surface area contributed by atoms with E-state index in [9.17, 15) is 18.0 Å². The Morgan fingerprint density at radius 1 is 1.20 bits per heavy atom. The van der Waals surface area contributed by atoms with E-state index in [1.807, 2.05) is 0 Å². The minimum atomic E-state index is -4.89. The lowest BCUT2D eigenvalue weighted by molar-refractivity contribution is -0.132. The molecule has 2 aromatic rings. The first-order chi connectivity index (χ1) is 14.1. The summed E-state index contributed by atoms with van der Waals surface area (Å²) in [5.74, 6) is -0.885. The van der Waals surface area contributed by atoms with Crippen LogP contribution in [0.3, 0.4) is 0 Å². The van der Waals surface area contributed by atoms with Gasteiger partial charge in [-0.2, -0.15) is 13.2 Å². The van der Waals surface area contributed by atoms with Crippen molar-refractivity contribution in [1.82, 2.24) is 4.98 Å². The van der Waals surface area contributed by atoms with Gasteiger partial charge in [-0.3, -0.25) is 10.8 Å². The number of anilines is 1. The highest BCUT2D eigenvalue weighted by Gasteiger charge is 2.39. The van der Waals surface area contributed by atoms with Crippen molar-refractivity contribution in [1.29, 1.82) is 10.8 Å². The van der Waals surface area contributed by atoms with Gasteiger partial charge in [0, 0.05) is 28.4 Å². The molecule has 1 heterocycles. The molecule has 0 spiro atoms. The third-order valence-corrected chi connectivity index (χ3v) is 5.12. The lowest BCUT2D eigenvalue weighted by Crippen LogP contribution is -2.26. The van der Waals surface area contributed by atoms with Gasteiger partial charge in [-0.1, -0.05) is 0 Å². The van der Waals surface area contributed by atoms with Crippen molar-refractivity contribution in [3.63, 3.8) is 0 Å². The SMILES string of the molecule is COC(=O)C(=N)c1c(N)ccc2nc(/C(=C/N)C(=N)C(F)(F)F)c3c(c12)CCCC3. The number of nitrogens with zero attached hydrogens (tertiary/aromatic N) is 1. The zero-order valence-corrected chi connectivity index (χ0v) is 16.1. The summed E-state index contributed by atoms with van der Waals surface area (Å²) < 4.78 is 44.3. The average Bonchev–Trinajstić information content (AvgIpc) is 2.72. The molecular formula is C20H20F3N5O2. The molecule has 1 aliphatic rings. The summed E-state index contributed by atoms with van der Waals surface area (Å²) in [4.78, 5) is 16.4. The monoisotopic (exact) mass is 419 g/mol. The molecule has 0 bridgehead atoms. The largest absolute Gasteiger partial charge is 0.464 e. The summed E-state index contributed by atoms with van der Waals surface area (Å²) in [6.45, 7) is 0. The van der Waals surface area contributed by atoms with E-state index < -0.39 is 29.1 Å². The Labute approximate surface area is 169 Å². The van der Waals surface area contributed by atoms with Crippen molar-refractivity contribution < 1.29 is 22.7 Å². The zero-order chi connectivity index (χ0) is 22.2. The summed E-state index contributed by atoms with van der Waals surface area (Å²) in [6, 6.07) is 2.95. The van der Waals surface area contributed by atoms with Gasteiger partial charge in [0.05, 0.1) is 18.3 Å². The number of nitrogen functional groups attached to an aromatic ring is 1. The van der Waals surface area contributed by atoms with Crippen molar-refractivity contribution in [2.45, 2.75) is 31.9 Å². The van der Waals surface area contributed by atoms with Crippen LogP contribution in [-0.2, 0) is 22.4 Å². The van der Waals surface area contributed by atoms with Crippen molar-refractivity contribution in [2.75, 3.05) is 12.8 Å². The van der Waals surface area contributed by atoms with Crippen molar-refractivity contribution in [2.24, 2.45) is 5.73 Å². The highest BCUT2D eigenvalue weighted by atomic mass is 19.4.